The second-order valence-electron chi connectivity index (χ2n) is 3.65. The molecule has 88 valence electrons. The number of methoxy groups -OCH3 is 1. The van der Waals surface area contributed by atoms with Crippen molar-refractivity contribution in [2.45, 2.75) is 6.92 Å². The van der Waals surface area contributed by atoms with Crippen LogP contribution in [0.3, 0.4) is 0 Å². The molecule has 2 rings (SSSR count). The van der Waals surface area contributed by atoms with Gasteiger partial charge in [-0.2, -0.15) is 0 Å². The third kappa shape index (κ3) is 2.13. The van der Waals surface area contributed by atoms with Gasteiger partial charge < -0.3 is 14.8 Å². The summed E-state index contributed by atoms with van der Waals surface area (Å²) in [5.74, 6) is 0.111. The number of aromatic nitrogens is 2. The van der Waals surface area contributed by atoms with Gasteiger partial charge in [-0.1, -0.05) is 11.6 Å². The average molecular weight is 232 g/mol. The van der Waals surface area contributed by atoms with Crippen LogP contribution in [-0.2, 0) is 0 Å². The van der Waals surface area contributed by atoms with Gasteiger partial charge in [0.2, 0.25) is 0 Å². The average Bonchev–Trinajstić information content (AvgIpc) is 2.78. The first-order chi connectivity index (χ1) is 8.11. The highest BCUT2D eigenvalue weighted by atomic mass is 16.5. The number of carboxylic acids is 1. The maximum absolute atomic E-state index is 10.8. The van der Waals surface area contributed by atoms with Crippen LogP contribution in [0, 0.1) is 6.92 Å². The van der Waals surface area contributed by atoms with Gasteiger partial charge in [-0.25, -0.2) is 9.78 Å². The minimum atomic E-state index is -1.03. The molecule has 17 heavy (non-hydrogen) atoms. The number of benzene rings is 1. The molecule has 1 aromatic heterocycles. The van der Waals surface area contributed by atoms with Crippen LogP contribution in [0.25, 0.3) is 11.4 Å². The van der Waals surface area contributed by atoms with Gasteiger partial charge in [0.15, 0.2) is 0 Å². The van der Waals surface area contributed by atoms with Gasteiger partial charge >= 0.3 is 5.97 Å². The Balaban J connectivity index is 2.51. The molecule has 0 fully saturated rings. The third-order valence-corrected chi connectivity index (χ3v) is 2.42. The van der Waals surface area contributed by atoms with Crippen molar-refractivity contribution in [2.75, 3.05) is 7.11 Å². The minimum absolute atomic E-state index is 0.0589. The predicted molar refractivity (Wildman–Crippen MR) is 62.3 cm³/mol. The Hall–Kier alpha value is -2.30. The van der Waals surface area contributed by atoms with Crippen LogP contribution in [0.1, 0.15) is 16.1 Å². The Labute approximate surface area is 98.1 Å². The number of nitrogens with one attached hydrogen (secondary N) is 1. The van der Waals surface area contributed by atoms with Gasteiger partial charge in [-0.05, 0) is 19.1 Å². The summed E-state index contributed by atoms with van der Waals surface area (Å²) >= 11 is 0. The third-order valence-electron chi connectivity index (χ3n) is 2.42. The van der Waals surface area contributed by atoms with E-state index < -0.39 is 5.97 Å². The number of ether oxygens (including phenoxy) is 1. The molecule has 0 bridgehead atoms. The molecule has 2 N–H and O–H groups in total. The molecule has 0 aliphatic carbocycles. The van der Waals surface area contributed by atoms with Crippen LogP contribution in [0.4, 0.5) is 0 Å². The first-order valence-corrected chi connectivity index (χ1v) is 5.05. The fraction of sp³-hybridized carbons (Fsp3) is 0.167. The van der Waals surface area contributed by atoms with Crippen molar-refractivity contribution in [3.8, 4) is 17.1 Å². The van der Waals surface area contributed by atoms with Gasteiger partial charge in [-0.15, -0.1) is 0 Å². The van der Waals surface area contributed by atoms with Gasteiger partial charge in [0.25, 0.3) is 0 Å². The van der Waals surface area contributed by atoms with Crippen molar-refractivity contribution in [1.29, 1.82) is 0 Å². The number of rotatable bonds is 3. The second kappa shape index (κ2) is 4.29. The Morgan fingerprint density at radius 2 is 2.24 bits per heavy atom. The van der Waals surface area contributed by atoms with Crippen LogP contribution < -0.4 is 4.74 Å². The van der Waals surface area contributed by atoms with Gasteiger partial charge in [0.1, 0.15) is 17.3 Å². The van der Waals surface area contributed by atoms with E-state index in [4.69, 9.17) is 9.84 Å². The molecule has 0 spiro atoms. The van der Waals surface area contributed by atoms with Crippen molar-refractivity contribution in [1.82, 2.24) is 9.97 Å². The van der Waals surface area contributed by atoms with Crippen LogP contribution in [-0.4, -0.2) is 28.2 Å². The number of hydrogen-bond acceptors (Lipinski definition) is 3. The number of imidazole rings is 1. The van der Waals surface area contributed by atoms with E-state index in [0.717, 1.165) is 11.1 Å². The van der Waals surface area contributed by atoms with Crippen molar-refractivity contribution in [2.24, 2.45) is 0 Å². The minimum Gasteiger partial charge on any atom is -0.496 e. The summed E-state index contributed by atoms with van der Waals surface area (Å²) in [5.41, 5.74) is 1.86. The molecule has 0 aliphatic heterocycles. The molecule has 1 aromatic carbocycles. The van der Waals surface area contributed by atoms with E-state index in [1.807, 2.05) is 25.1 Å². The predicted octanol–water partition coefficient (Wildman–Crippen LogP) is 2.09. The van der Waals surface area contributed by atoms with Gasteiger partial charge in [0.05, 0.1) is 18.9 Å². The fourth-order valence-electron chi connectivity index (χ4n) is 1.57. The zero-order valence-corrected chi connectivity index (χ0v) is 9.52. The summed E-state index contributed by atoms with van der Waals surface area (Å²) in [4.78, 5) is 17.5. The largest absolute Gasteiger partial charge is 0.496 e. The topological polar surface area (TPSA) is 75.2 Å². The van der Waals surface area contributed by atoms with Crippen molar-refractivity contribution >= 4 is 5.97 Å². The molecule has 0 saturated carbocycles. The number of carboxylic acid groups (broad SMARTS) is 1. The lowest BCUT2D eigenvalue weighted by atomic mass is 10.1. The SMILES string of the molecule is COc1ccc(C)cc1-c1ncc(C(=O)O)[nH]1. The number of aromatic carboxylic acids is 1. The summed E-state index contributed by atoms with van der Waals surface area (Å²) in [6.07, 6.45) is 1.29. The van der Waals surface area contributed by atoms with Crippen LogP contribution in [0.2, 0.25) is 0 Å². The molecule has 0 unspecified atom stereocenters. The Kier molecular flexibility index (Phi) is 2.82. The lowest BCUT2D eigenvalue weighted by Crippen LogP contribution is -1.96. The highest BCUT2D eigenvalue weighted by molar-refractivity contribution is 5.86. The number of aromatic amines is 1. The zero-order valence-electron chi connectivity index (χ0n) is 9.52. The highest BCUT2D eigenvalue weighted by Gasteiger charge is 2.12. The number of nitrogens with zero attached hydrogens (tertiary/aromatic N) is 1. The quantitative estimate of drug-likeness (QED) is 0.849. The van der Waals surface area contributed by atoms with Gasteiger partial charge in [0, 0.05) is 0 Å². The number of carbonyl (C=O) groups is 1. The standard InChI is InChI=1S/C12H12N2O3/c1-7-3-4-10(17-2)8(5-7)11-13-6-9(14-11)12(15)16/h3-6H,1-2H3,(H,13,14)(H,15,16). The van der Waals surface area contributed by atoms with Crippen LogP contribution >= 0.6 is 0 Å². The first-order valence-electron chi connectivity index (χ1n) is 5.05. The number of aryl methyl sites for hydroxylation is 1. The summed E-state index contributed by atoms with van der Waals surface area (Å²) in [7, 11) is 1.56. The maximum atomic E-state index is 10.8. The van der Waals surface area contributed by atoms with E-state index in [1.165, 1.54) is 6.20 Å². The van der Waals surface area contributed by atoms with E-state index >= 15 is 0 Å². The number of H-pyrrole nitrogens is 1. The highest BCUT2D eigenvalue weighted by Crippen LogP contribution is 2.28. The van der Waals surface area contributed by atoms with E-state index in [9.17, 15) is 4.79 Å². The fourth-order valence-corrected chi connectivity index (χ4v) is 1.57. The lowest BCUT2D eigenvalue weighted by molar-refractivity contribution is 0.0691. The molecule has 0 aliphatic rings. The van der Waals surface area contributed by atoms with E-state index in [-0.39, 0.29) is 5.69 Å². The molecular formula is C12H12N2O3. The maximum Gasteiger partial charge on any atom is 0.353 e. The summed E-state index contributed by atoms with van der Waals surface area (Å²) < 4.78 is 5.22. The normalized spacial score (nSPS) is 10.2. The summed E-state index contributed by atoms with van der Waals surface area (Å²) in [6.45, 7) is 1.95. The summed E-state index contributed by atoms with van der Waals surface area (Å²) in [6, 6.07) is 5.64. The monoisotopic (exact) mass is 232 g/mol. The second-order valence-corrected chi connectivity index (χ2v) is 3.65. The molecule has 5 heteroatoms. The summed E-state index contributed by atoms with van der Waals surface area (Å²) in [5, 5.41) is 8.82. The molecule has 2 aromatic rings. The van der Waals surface area contributed by atoms with E-state index in [2.05, 4.69) is 9.97 Å². The molecule has 0 amide bonds. The van der Waals surface area contributed by atoms with E-state index in [1.54, 1.807) is 7.11 Å². The number of hydrogen-bond donors (Lipinski definition) is 2. The van der Waals surface area contributed by atoms with Crippen molar-refractivity contribution in [3.05, 3.63) is 35.7 Å². The molecule has 5 nitrogen and oxygen atoms in total. The first kappa shape index (κ1) is 11.2. The van der Waals surface area contributed by atoms with Crippen molar-refractivity contribution in [3.63, 3.8) is 0 Å². The molecule has 0 atom stereocenters. The Bertz CT molecular complexity index is 561. The Morgan fingerprint density at radius 1 is 1.47 bits per heavy atom. The lowest BCUT2D eigenvalue weighted by Gasteiger charge is -2.06. The Morgan fingerprint density at radius 3 is 2.82 bits per heavy atom. The molecular weight excluding hydrogens is 220 g/mol. The molecule has 0 saturated heterocycles. The smallest absolute Gasteiger partial charge is 0.353 e. The van der Waals surface area contributed by atoms with Gasteiger partial charge in [-0.3, -0.25) is 0 Å². The van der Waals surface area contributed by atoms with E-state index in [0.29, 0.717) is 11.6 Å². The van der Waals surface area contributed by atoms with Crippen molar-refractivity contribution < 1.29 is 14.6 Å². The molecule has 1 heterocycles. The van der Waals surface area contributed by atoms with Crippen LogP contribution in [0.5, 0.6) is 5.75 Å². The van der Waals surface area contributed by atoms with Crippen LogP contribution in [0.15, 0.2) is 24.4 Å². The zero-order chi connectivity index (χ0) is 12.4. The molecule has 0 radical (unpaired) electrons.